The molecule has 4 heteroatoms. The number of methoxy groups -OCH3 is 1. The molecule has 2 aliphatic carbocycles. The second-order valence-corrected chi connectivity index (χ2v) is 5.76. The maximum Gasteiger partial charge on any atom is 0.275 e. The van der Waals surface area contributed by atoms with E-state index in [0.29, 0.717) is 17.2 Å². The van der Waals surface area contributed by atoms with Gasteiger partial charge in [-0.05, 0) is 49.1 Å². The monoisotopic (exact) mass is 272 g/mol. The SMILES string of the molecule is COc1ccccc1C(=O)N/N=C/C1CC2CCC1C2. The maximum atomic E-state index is 12.1. The molecule has 3 unspecified atom stereocenters. The molecule has 106 valence electrons. The number of nitrogens with one attached hydrogen (secondary N) is 1. The maximum absolute atomic E-state index is 12.1. The Hall–Kier alpha value is -1.84. The fraction of sp³-hybridized carbons (Fsp3) is 0.500. The minimum absolute atomic E-state index is 0.221. The summed E-state index contributed by atoms with van der Waals surface area (Å²) in [7, 11) is 1.56. The normalized spacial score (nSPS) is 27.9. The molecule has 1 amide bonds. The second kappa shape index (κ2) is 5.65. The van der Waals surface area contributed by atoms with Crippen LogP contribution in [0.4, 0.5) is 0 Å². The van der Waals surface area contributed by atoms with Crippen molar-refractivity contribution in [1.82, 2.24) is 5.43 Å². The van der Waals surface area contributed by atoms with E-state index in [0.717, 1.165) is 11.8 Å². The molecule has 0 spiro atoms. The van der Waals surface area contributed by atoms with Crippen LogP contribution in [-0.2, 0) is 0 Å². The number of nitrogens with zero attached hydrogens (tertiary/aromatic N) is 1. The molecule has 3 rings (SSSR count). The van der Waals surface area contributed by atoms with Crippen molar-refractivity contribution < 1.29 is 9.53 Å². The number of para-hydroxylation sites is 1. The van der Waals surface area contributed by atoms with Crippen LogP contribution in [0.1, 0.15) is 36.0 Å². The lowest BCUT2D eigenvalue weighted by molar-refractivity contribution is 0.0952. The Balaban J connectivity index is 1.59. The van der Waals surface area contributed by atoms with Crippen LogP contribution in [0.15, 0.2) is 29.4 Å². The predicted molar refractivity (Wildman–Crippen MR) is 77.9 cm³/mol. The Morgan fingerprint density at radius 1 is 1.35 bits per heavy atom. The average Bonchev–Trinajstić information content (AvgIpc) is 3.09. The lowest BCUT2D eigenvalue weighted by Crippen LogP contribution is -2.20. The van der Waals surface area contributed by atoms with E-state index in [1.54, 1.807) is 19.2 Å². The van der Waals surface area contributed by atoms with Crippen LogP contribution < -0.4 is 10.2 Å². The van der Waals surface area contributed by atoms with Crippen LogP contribution in [0.5, 0.6) is 5.75 Å². The van der Waals surface area contributed by atoms with Crippen molar-refractivity contribution in [1.29, 1.82) is 0 Å². The molecule has 2 fully saturated rings. The number of fused-ring (bicyclic) bond motifs is 2. The van der Waals surface area contributed by atoms with E-state index in [9.17, 15) is 4.79 Å². The lowest BCUT2D eigenvalue weighted by atomic mass is 9.90. The number of hydrogen-bond acceptors (Lipinski definition) is 3. The Morgan fingerprint density at radius 2 is 2.20 bits per heavy atom. The van der Waals surface area contributed by atoms with Gasteiger partial charge >= 0.3 is 0 Å². The summed E-state index contributed by atoms with van der Waals surface area (Å²) in [5, 5.41) is 4.14. The van der Waals surface area contributed by atoms with Gasteiger partial charge < -0.3 is 4.74 Å². The third kappa shape index (κ3) is 2.55. The van der Waals surface area contributed by atoms with E-state index in [4.69, 9.17) is 4.74 Å². The molecule has 1 aromatic carbocycles. The van der Waals surface area contributed by atoms with E-state index in [-0.39, 0.29) is 5.91 Å². The summed E-state index contributed by atoms with van der Waals surface area (Å²) in [6.07, 6.45) is 7.21. The number of amides is 1. The highest BCUT2D eigenvalue weighted by atomic mass is 16.5. The largest absolute Gasteiger partial charge is 0.496 e. The van der Waals surface area contributed by atoms with E-state index < -0.39 is 0 Å². The Labute approximate surface area is 119 Å². The average molecular weight is 272 g/mol. The number of hydrogen-bond donors (Lipinski definition) is 1. The fourth-order valence-corrected chi connectivity index (χ4v) is 3.56. The summed E-state index contributed by atoms with van der Waals surface area (Å²) in [6.45, 7) is 0. The van der Waals surface area contributed by atoms with Crippen molar-refractivity contribution in [3.63, 3.8) is 0 Å². The Bertz CT molecular complexity index is 527. The van der Waals surface area contributed by atoms with Gasteiger partial charge in [0.1, 0.15) is 5.75 Å². The zero-order valence-electron chi connectivity index (χ0n) is 11.7. The van der Waals surface area contributed by atoms with Crippen LogP contribution in [0.2, 0.25) is 0 Å². The zero-order valence-corrected chi connectivity index (χ0v) is 11.7. The van der Waals surface area contributed by atoms with Crippen molar-refractivity contribution >= 4 is 12.1 Å². The molecule has 2 bridgehead atoms. The lowest BCUT2D eigenvalue weighted by Gasteiger charge is -2.16. The molecule has 0 saturated heterocycles. The third-order valence-corrected chi connectivity index (χ3v) is 4.58. The van der Waals surface area contributed by atoms with E-state index in [1.165, 1.54) is 25.7 Å². The quantitative estimate of drug-likeness (QED) is 0.677. The van der Waals surface area contributed by atoms with Gasteiger partial charge in [0.15, 0.2) is 0 Å². The van der Waals surface area contributed by atoms with Crippen molar-refractivity contribution in [2.24, 2.45) is 22.9 Å². The number of benzene rings is 1. The van der Waals surface area contributed by atoms with Gasteiger partial charge in [-0.25, -0.2) is 5.43 Å². The molecular formula is C16H20N2O2. The number of ether oxygens (including phenoxy) is 1. The molecule has 0 radical (unpaired) electrons. The van der Waals surface area contributed by atoms with Crippen LogP contribution in [0, 0.1) is 17.8 Å². The van der Waals surface area contributed by atoms with Gasteiger partial charge in [0.05, 0.1) is 12.7 Å². The van der Waals surface area contributed by atoms with Gasteiger partial charge in [-0.15, -0.1) is 0 Å². The number of carbonyl (C=O) groups excluding carboxylic acids is 1. The van der Waals surface area contributed by atoms with Crippen molar-refractivity contribution in [2.45, 2.75) is 25.7 Å². The van der Waals surface area contributed by atoms with Gasteiger partial charge in [0.2, 0.25) is 0 Å². The highest BCUT2D eigenvalue weighted by molar-refractivity contribution is 5.97. The van der Waals surface area contributed by atoms with E-state index in [1.807, 2.05) is 18.3 Å². The fourth-order valence-electron chi connectivity index (χ4n) is 3.56. The van der Waals surface area contributed by atoms with Gasteiger partial charge in [-0.1, -0.05) is 18.6 Å². The smallest absolute Gasteiger partial charge is 0.275 e. The molecule has 1 aromatic rings. The highest BCUT2D eigenvalue weighted by Gasteiger charge is 2.38. The molecule has 2 aliphatic rings. The highest BCUT2D eigenvalue weighted by Crippen LogP contribution is 2.47. The van der Waals surface area contributed by atoms with Crippen molar-refractivity contribution in [2.75, 3.05) is 7.11 Å². The molecule has 1 N–H and O–H groups in total. The van der Waals surface area contributed by atoms with Crippen LogP contribution in [-0.4, -0.2) is 19.2 Å². The van der Waals surface area contributed by atoms with Gasteiger partial charge in [0.25, 0.3) is 5.91 Å². The molecular weight excluding hydrogens is 252 g/mol. The summed E-state index contributed by atoms with van der Waals surface area (Å²) in [6, 6.07) is 7.17. The zero-order chi connectivity index (χ0) is 13.9. The third-order valence-electron chi connectivity index (χ3n) is 4.58. The number of hydrazone groups is 1. The minimum Gasteiger partial charge on any atom is -0.496 e. The molecule has 2 saturated carbocycles. The van der Waals surface area contributed by atoms with Crippen LogP contribution in [0.3, 0.4) is 0 Å². The van der Waals surface area contributed by atoms with E-state index >= 15 is 0 Å². The Kier molecular flexibility index (Phi) is 3.72. The molecule has 3 atom stereocenters. The van der Waals surface area contributed by atoms with Gasteiger partial charge in [0, 0.05) is 6.21 Å². The topological polar surface area (TPSA) is 50.7 Å². The van der Waals surface area contributed by atoms with Crippen molar-refractivity contribution in [3.8, 4) is 5.75 Å². The number of carbonyl (C=O) groups is 1. The van der Waals surface area contributed by atoms with Gasteiger partial charge in [-0.2, -0.15) is 5.10 Å². The van der Waals surface area contributed by atoms with Crippen LogP contribution >= 0.6 is 0 Å². The molecule has 4 nitrogen and oxygen atoms in total. The molecule has 20 heavy (non-hydrogen) atoms. The molecule has 0 aromatic heterocycles. The first kappa shape index (κ1) is 13.2. The molecule has 0 heterocycles. The minimum atomic E-state index is -0.221. The second-order valence-electron chi connectivity index (χ2n) is 5.76. The summed E-state index contributed by atoms with van der Waals surface area (Å²) >= 11 is 0. The first-order valence-corrected chi connectivity index (χ1v) is 7.24. The Morgan fingerprint density at radius 3 is 2.90 bits per heavy atom. The first-order valence-electron chi connectivity index (χ1n) is 7.24. The van der Waals surface area contributed by atoms with Gasteiger partial charge in [-0.3, -0.25) is 4.79 Å². The van der Waals surface area contributed by atoms with E-state index in [2.05, 4.69) is 10.5 Å². The summed E-state index contributed by atoms with van der Waals surface area (Å²) < 4.78 is 5.17. The predicted octanol–water partition coefficient (Wildman–Crippen LogP) is 2.85. The first-order chi connectivity index (χ1) is 9.78. The summed E-state index contributed by atoms with van der Waals surface area (Å²) in [5.41, 5.74) is 3.12. The standard InChI is InChI=1S/C16H20N2O2/c1-20-15-5-3-2-4-14(15)16(19)18-17-10-13-9-11-6-7-12(13)8-11/h2-5,10-13H,6-9H2,1H3,(H,18,19)/b17-10+. The molecule has 0 aliphatic heterocycles. The number of rotatable bonds is 4. The summed E-state index contributed by atoms with van der Waals surface area (Å²) in [5.74, 6) is 2.57. The van der Waals surface area contributed by atoms with Crippen molar-refractivity contribution in [3.05, 3.63) is 29.8 Å². The summed E-state index contributed by atoms with van der Waals surface area (Å²) in [4.78, 5) is 12.1. The van der Waals surface area contributed by atoms with Crippen LogP contribution in [0.25, 0.3) is 0 Å².